The van der Waals surface area contributed by atoms with Gasteiger partial charge in [-0.05, 0) is 31.2 Å². The molecule has 17 heavy (non-hydrogen) atoms. The van der Waals surface area contributed by atoms with Crippen LogP contribution in [-0.2, 0) is 6.54 Å². The molecule has 0 aliphatic carbocycles. The van der Waals surface area contributed by atoms with Crippen LogP contribution in [0.3, 0.4) is 0 Å². The summed E-state index contributed by atoms with van der Waals surface area (Å²) in [7, 11) is 1.93. The predicted octanol–water partition coefficient (Wildman–Crippen LogP) is 2.27. The highest BCUT2D eigenvalue weighted by molar-refractivity contribution is 6.33. The molecule has 0 amide bonds. The van der Waals surface area contributed by atoms with Crippen molar-refractivity contribution in [3.05, 3.63) is 28.8 Å². The topological polar surface area (TPSA) is 35.5 Å². The molecule has 0 spiro atoms. The zero-order valence-electron chi connectivity index (χ0n) is 10.7. The first-order valence-electron chi connectivity index (χ1n) is 5.93. The predicted molar refractivity (Wildman–Crippen MR) is 73.8 cm³/mol. The maximum absolute atomic E-state index is 9.35. The first kappa shape index (κ1) is 14.3. The van der Waals surface area contributed by atoms with Gasteiger partial charge in [0, 0.05) is 20.1 Å². The van der Waals surface area contributed by atoms with E-state index in [0.29, 0.717) is 6.54 Å². The lowest BCUT2D eigenvalue weighted by molar-refractivity contribution is 0.201. The van der Waals surface area contributed by atoms with Crippen LogP contribution in [-0.4, -0.2) is 31.3 Å². The van der Waals surface area contributed by atoms with Gasteiger partial charge in [0.2, 0.25) is 0 Å². The maximum atomic E-state index is 9.35. The minimum Gasteiger partial charge on any atom is -0.392 e. The number of rotatable bonds is 6. The van der Waals surface area contributed by atoms with Gasteiger partial charge >= 0.3 is 0 Å². The van der Waals surface area contributed by atoms with Crippen LogP contribution in [0.25, 0.3) is 0 Å². The number of aliphatic hydroxyl groups excluding tert-OH is 1. The summed E-state index contributed by atoms with van der Waals surface area (Å²) in [5.41, 5.74) is 2.12. The third-order valence-electron chi connectivity index (χ3n) is 2.54. The minimum absolute atomic E-state index is 0.363. The fraction of sp³-hybridized carbons (Fsp3) is 0.538. The average molecular weight is 257 g/mol. The zero-order chi connectivity index (χ0) is 12.8. The van der Waals surface area contributed by atoms with Crippen molar-refractivity contribution in [2.75, 3.05) is 25.0 Å². The highest BCUT2D eigenvalue weighted by Gasteiger charge is 2.08. The summed E-state index contributed by atoms with van der Waals surface area (Å²) < 4.78 is 0. The highest BCUT2D eigenvalue weighted by Crippen LogP contribution is 2.26. The number of aliphatic hydroxyl groups is 1. The molecule has 0 saturated heterocycles. The zero-order valence-corrected chi connectivity index (χ0v) is 11.5. The van der Waals surface area contributed by atoms with Gasteiger partial charge in [-0.3, -0.25) is 0 Å². The lowest BCUT2D eigenvalue weighted by atomic mass is 10.2. The number of halogens is 1. The van der Waals surface area contributed by atoms with Crippen LogP contribution < -0.4 is 10.2 Å². The van der Waals surface area contributed by atoms with Crippen LogP contribution in [0, 0.1) is 0 Å². The largest absolute Gasteiger partial charge is 0.392 e. The van der Waals surface area contributed by atoms with E-state index in [-0.39, 0.29) is 6.10 Å². The Kier molecular flexibility index (Phi) is 5.75. The number of nitrogens with one attached hydrogen (secondary N) is 1. The number of hydrogen-bond acceptors (Lipinski definition) is 3. The highest BCUT2D eigenvalue weighted by atomic mass is 35.5. The molecular weight excluding hydrogens is 236 g/mol. The molecule has 1 atom stereocenters. The fourth-order valence-corrected chi connectivity index (χ4v) is 2.08. The third kappa shape index (κ3) is 4.54. The molecule has 1 unspecified atom stereocenters. The smallest absolute Gasteiger partial charge is 0.0686 e. The van der Waals surface area contributed by atoms with Crippen molar-refractivity contribution in [1.29, 1.82) is 0 Å². The molecule has 96 valence electrons. The second-order valence-electron chi connectivity index (χ2n) is 4.30. The van der Waals surface area contributed by atoms with Gasteiger partial charge in [-0.1, -0.05) is 24.6 Å². The van der Waals surface area contributed by atoms with Crippen LogP contribution in [0.5, 0.6) is 0 Å². The van der Waals surface area contributed by atoms with E-state index in [1.807, 2.05) is 24.1 Å². The van der Waals surface area contributed by atoms with E-state index < -0.39 is 0 Å². The van der Waals surface area contributed by atoms with Gasteiger partial charge in [0.25, 0.3) is 0 Å². The normalized spacial score (nSPS) is 12.5. The molecule has 0 aromatic heterocycles. The number of nitrogens with zero attached hydrogens (tertiary/aromatic N) is 1. The molecular formula is C13H21ClN2O. The van der Waals surface area contributed by atoms with Crippen LogP contribution in [0.4, 0.5) is 5.69 Å². The van der Waals surface area contributed by atoms with Gasteiger partial charge in [0.15, 0.2) is 0 Å². The molecule has 0 saturated carbocycles. The Balaban J connectivity index is 2.74. The second-order valence-corrected chi connectivity index (χ2v) is 4.70. The van der Waals surface area contributed by atoms with E-state index in [2.05, 4.69) is 18.3 Å². The monoisotopic (exact) mass is 256 g/mol. The van der Waals surface area contributed by atoms with Gasteiger partial charge < -0.3 is 15.3 Å². The molecule has 3 nitrogen and oxygen atoms in total. The van der Waals surface area contributed by atoms with E-state index in [1.165, 1.54) is 5.56 Å². The quantitative estimate of drug-likeness (QED) is 0.820. The molecule has 1 aromatic carbocycles. The van der Waals surface area contributed by atoms with Crippen molar-refractivity contribution in [3.63, 3.8) is 0 Å². The number of anilines is 1. The van der Waals surface area contributed by atoms with Crippen molar-refractivity contribution >= 4 is 17.3 Å². The molecule has 1 rings (SSSR count). The Labute approximate surface area is 108 Å². The number of likely N-dealkylation sites (N-methyl/N-ethyl adjacent to an activating group) is 1. The molecule has 0 aliphatic heterocycles. The van der Waals surface area contributed by atoms with Crippen LogP contribution >= 0.6 is 11.6 Å². The van der Waals surface area contributed by atoms with Crippen molar-refractivity contribution < 1.29 is 5.11 Å². The Morgan fingerprint density at radius 1 is 1.47 bits per heavy atom. The molecule has 4 heteroatoms. The number of hydrogen-bond donors (Lipinski definition) is 2. The van der Waals surface area contributed by atoms with Crippen molar-refractivity contribution in [2.24, 2.45) is 0 Å². The summed E-state index contributed by atoms with van der Waals surface area (Å²) in [4.78, 5) is 1.96. The lowest BCUT2D eigenvalue weighted by Gasteiger charge is -2.22. The lowest BCUT2D eigenvalue weighted by Crippen LogP contribution is -2.27. The molecule has 0 fully saturated rings. The van der Waals surface area contributed by atoms with Gasteiger partial charge in [0.1, 0.15) is 0 Å². The van der Waals surface area contributed by atoms with Crippen LogP contribution in [0.15, 0.2) is 18.2 Å². The summed E-state index contributed by atoms with van der Waals surface area (Å²) in [5.74, 6) is 0. The van der Waals surface area contributed by atoms with Gasteiger partial charge in [-0.15, -0.1) is 0 Å². The average Bonchev–Trinajstić information content (AvgIpc) is 2.25. The van der Waals surface area contributed by atoms with Crippen molar-refractivity contribution in [1.82, 2.24) is 5.32 Å². The van der Waals surface area contributed by atoms with E-state index >= 15 is 0 Å². The Bertz CT molecular complexity index is 355. The first-order chi connectivity index (χ1) is 8.04. The van der Waals surface area contributed by atoms with Gasteiger partial charge in [-0.25, -0.2) is 0 Å². The maximum Gasteiger partial charge on any atom is 0.0686 e. The van der Waals surface area contributed by atoms with E-state index in [4.69, 9.17) is 11.6 Å². The SMILES string of the molecule is CCNCc1ccc(N(C)CC(C)O)c(Cl)c1. The standard InChI is InChI=1S/C13H21ClN2O/c1-4-15-8-11-5-6-13(12(14)7-11)16(3)9-10(2)17/h5-7,10,15,17H,4,8-9H2,1-3H3. The summed E-state index contributed by atoms with van der Waals surface area (Å²) >= 11 is 6.24. The molecule has 1 aromatic rings. The second kappa shape index (κ2) is 6.84. The Morgan fingerprint density at radius 3 is 2.71 bits per heavy atom. The summed E-state index contributed by atoms with van der Waals surface area (Å²) in [6.07, 6.45) is -0.363. The molecule has 2 N–H and O–H groups in total. The van der Waals surface area contributed by atoms with Crippen LogP contribution in [0.1, 0.15) is 19.4 Å². The molecule has 0 aliphatic rings. The Morgan fingerprint density at radius 2 is 2.18 bits per heavy atom. The van der Waals surface area contributed by atoms with Crippen LogP contribution in [0.2, 0.25) is 5.02 Å². The summed E-state index contributed by atoms with van der Waals surface area (Å²) in [6, 6.07) is 6.03. The first-order valence-corrected chi connectivity index (χ1v) is 6.30. The van der Waals surface area contributed by atoms with Gasteiger partial charge in [-0.2, -0.15) is 0 Å². The van der Waals surface area contributed by atoms with E-state index in [9.17, 15) is 5.11 Å². The van der Waals surface area contributed by atoms with Crippen molar-refractivity contribution in [3.8, 4) is 0 Å². The summed E-state index contributed by atoms with van der Waals surface area (Å²) in [5, 5.41) is 13.3. The fourth-order valence-electron chi connectivity index (χ4n) is 1.73. The molecule has 0 radical (unpaired) electrons. The molecule has 0 bridgehead atoms. The Hall–Kier alpha value is -0.770. The summed E-state index contributed by atoms with van der Waals surface area (Å²) in [6.45, 7) is 6.19. The van der Waals surface area contributed by atoms with Crippen molar-refractivity contribution in [2.45, 2.75) is 26.5 Å². The van der Waals surface area contributed by atoms with E-state index in [0.717, 1.165) is 23.8 Å². The number of benzene rings is 1. The van der Waals surface area contributed by atoms with Gasteiger partial charge in [0.05, 0.1) is 16.8 Å². The molecule has 0 heterocycles. The minimum atomic E-state index is -0.363. The third-order valence-corrected chi connectivity index (χ3v) is 2.84. The van der Waals surface area contributed by atoms with E-state index in [1.54, 1.807) is 6.92 Å².